The van der Waals surface area contributed by atoms with Gasteiger partial charge in [-0.05, 0) is 26.0 Å². The standard InChI is InChI=1S/C11H12F2N2O2/c1-6(2)14-10(16)11(17)15-7-3-4-8(12)9(13)5-7/h3-6H,1-2H3,(H,14,16)(H,15,17). The first-order valence-corrected chi connectivity index (χ1v) is 4.97. The zero-order valence-electron chi connectivity index (χ0n) is 9.38. The van der Waals surface area contributed by atoms with Crippen LogP contribution < -0.4 is 10.6 Å². The average Bonchev–Trinajstić information content (AvgIpc) is 2.22. The van der Waals surface area contributed by atoms with E-state index >= 15 is 0 Å². The van der Waals surface area contributed by atoms with Gasteiger partial charge in [0.2, 0.25) is 0 Å². The van der Waals surface area contributed by atoms with Crippen molar-refractivity contribution in [1.82, 2.24) is 5.32 Å². The summed E-state index contributed by atoms with van der Waals surface area (Å²) in [6, 6.07) is 2.65. The lowest BCUT2D eigenvalue weighted by Crippen LogP contribution is -2.39. The van der Waals surface area contributed by atoms with Gasteiger partial charge in [0, 0.05) is 17.8 Å². The number of rotatable bonds is 2. The smallest absolute Gasteiger partial charge is 0.313 e. The van der Waals surface area contributed by atoms with Crippen molar-refractivity contribution in [2.24, 2.45) is 0 Å². The monoisotopic (exact) mass is 242 g/mol. The Hall–Kier alpha value is -1.98. The Morgan fingerprint density at radius 2 is 1.76 bits per heavy atom. The predicted octanol–water partition coefficient (Wildman–Crippen LogP) is 1.43. The van der Waals surface area contributed by atoms with Crippen molar-refractivity contribution >= 4 is 17.5 Å². The van der Waals surface area contributed by atoms with Gasteiger partial charge in [0.05, 0.1) is 0 Å². The minimum Gasteiger partial charge on any atom is -0.346 e. The van der Waals surface area contributed by atoms with Gasteiger partial charge in [-0.1, -0.05) is 0 Å². The molecule has 17 heavy (non-hydrogen) atoms. The molecule has 1 rings (SSSR count). The zero-order chi connectivity index (χ0) is 13.0. The summed E-state index contributed by atoms with van der Waals surface area (Å²) in [5, 5.41) is 4.53. The fourth-order valence-electron chi connectivity index (χ4n) is 1.09. The maximum absolute atomic E-state index is 12.8. The Morgan fingerprint density at radius 1 is 1.12 bits per heavy atom. The maximum Gasteiger partial charge on any atom is 0.313 e. The molecule has 0 aliphatic rings. The Bertz CT molecular complexity index is 447. The van der Waals surface area contributed by atoms with Crippen LogP contribution >= 0.6 is 0 Å². The lowest BCUT2D eigenvalue weighted by molar-refractivity contribution is -0.136. The minimum absolute atomic E-state index is 0.0211. The summed E-state index contributed by atoms with van der Waals surface area (Å²) in [6.07, 6.45) is 0. The van der Waals surface area contributed by atoms with Crippen LogP contribution in [0.15, 0.2) is 18.2 Å². The van der Waals surface area contributed by atoms with Gasteiger partial charge < -0.3 is 10.6 Å². The van der Waals surface area contributed by atoms with Crippen LogP contribution in [0.5, 0.6) is 0 Å². The van der Waals surface area contributed by atoms with Crippen LogP contribution in [0.25, 0.3) is 0 Å². The Morgan fingerprint density at radius 3 is 2.29 bits per heavy atom. The quantitative estimate of drug-likeness (QED) is 0.771. The summed E-state index contributed by atoms with van der Waals surface area (Å²) in [6.45, 7) is 3.39. The highest BCUT2D eigenvalue weighted by Gasteiger charge is 2.15. The molecule has 6 heteroatoms. The summed E-state index contributed by atoms with van der Waals surface area (Å²) >= 11 is 0. The molecule has 4 nitrogen and oxygen atoms in total. The molecule has 2 N–H and O–H groups in total. The van der Waals surface area contributed by atoms with E-state index in [0.717, 1.165) is 12.1 Å². The maximum atomic E-state index is 12.8. The lowest BCUT2D eigenvalue weighted by Gasteiger charge is -2.08. The van der Waals surface area contributed by atoms with Gasteiger partial charge in [-0.3, -0.25) is 9.59 Å². The van der Waals surface area contributed by atoms with Crippen LogP contribution in [-0.2, 0) is 9.59 Å². The number of hydrogen-bond donors (Lipinski definition) is 2. The summed E-state index contributed by atoms with van der Waals surface area (Å²) in [7, 11) is 0. The first-order chi connectivity index (χ1) is 7.90. The van der Waals surface area contributed by atoms with E-state index in [1.54, 1.807) is 13.8 Å². The van der Waals surface area contributed by atoms with Gasteiger partial charge in [-0.15, -0.1) is 0 Å². The second-order valence-corrected chi connectivity index (χ2v) is 3.71. The lowest BCUT2D eigenvalue weighted by atomic mass is 10.3. The molecule has 1 aromatic rings. The molecule has 0 atom stereocenters. The molecule has 0 aromatic heterocycles. The number of hydrogen-bond acceptors (Lipinski definition) is 2. The molecule has 0 fully saturated rings. The number of nitrogens with one attached hydrogen (secondary N) is 2. The molecule has 0 saturated heterocycles. The van der Waals surface area contributed by atoms with Gasteiger partial charge in [0.25, 0.3) is 0 Å². The third kappa shape index (κ3) is 3.82. The molecule has 0 saturated carbocycles. The first kappa shape index (κ1) is 13.1. The third-order valence-corrected chi connectivity index (χ3v) is 1.80. The Labute approximate surface area is 97.0 Å². The third-order valence-electron chi connectivity index (χ3n) is 1.80. The van der Waals surface area contributed by atoms with E-state index in [4.69, 9.17) is 0 Å². The number of anilines is 1. The predicted molar refractivity (Wildman–Crippen MR) is 58.3 cm³/mol. The van der Waals surface area contributed by atoms with E-state index < -0.39 is 23.4 Å². The second kappa shape index (κ2) is 5.38. The number of halogens is 2. The number of carbonyl (C=O) groups excluding carboxylic acids is 2. The Kier molecular flexibility index (Phi) is 4.14. The Balaban J connectivity index is 2.68. The molecule has 0 heterocycles. The largest absolute Gasteiger partial charge is 0.346 e. The van der Waals surface area contributed by atoms with Gasteiger partial charge in [-0.25, -0.2) is 8.78 Å². The summed E-state index contributed by atoms with van der Waals surface area (Å²) in [5.41, 5.74) is 0.0211. The van der Waals surface area contributed by atoms with Gasteiger partial charge in [-0.2, -0.15) is 0 Å². The molecule has 0 bridgehead atoms. The first-order valence-electron chi connectivity index (χ1n) is 4.97. The van der Waals surface area contributed by atoms with Crippen LogP contribution in [0.1, 0.15) is 13.8 Å². The molecule has 0 unspecified atom stereocenters. The highest BCUT2D eigenvalue weighted by molar-refractivity contribution is 6.39. The van der Waals surface area contributed by atoms with Crippen LogP contribution in [0.2, 0.25) is 0 Å². The molecule has 0 aliphatic heterocycles. The summed E-state index contributed by atoms with van der Waals surface area (Å²) in [4.78, 5) is 22.5. The van der Waals surface area contributed by atoms with Crippen LogP contribution in [0.3, 0.4) is 0 Å². The normalized spacial score (nSPS) is 10.2. The van der Waals surface area contributed by atoms with E-state index in [1.807, 2.05) is 0 Å². The van der Waals surface area contributed by atoms with Gasteiger partial charge in [0.15, 0.2) is 11.6 Å². The number of amides is 2. The van der Waals surface area contributed by atoms with E-state index in [1.165, 1.54) is 6.07 Å². The van der Waals surface area contributed by atoms with Crippen molar-refractivity contribution < 1.29 is 18.4 Å². The fourth-order valence-corrected chi connectivity index (χ4v) is 1.09. The van der Waals surface area contributed by atoms with Gasteiger partial charge >= 0.3 is 11.8 Å². The second-order valence-electron chi connectivity index (χ2n) is 3.71. The van der Waals surface area contributed by atoms with Crippen molar-refractivity contribution in [3.63, 3.8) is 0 Å². The average molecular weight is 242 g/mol. The molecule has 2 amide bonds. The van der Waals surface area contributed by atoms with E-state index in [-0.39, 0.29) is 11.7 Å². The van der Waals surface area contributed by atoms with E-state index in [0.29, 0.717) is 0 Å². The van der Waals surface area contributed by atoms with Crippen LogP contribution in [0.4, 0.5) is 14.5 Å². The van der Waals surface area contributed by atoms with E-state index in [9.17, 15) is 18.4 Å². The van der Waals surface area contributed by atoms with E-state index in [2.05, 4.69) is 10.6 Å². The van der Waals surface area contributed by atoms with Crippen LogP contribution in [-0.4, -0.2) is 17.9 Å². The number of benzene rings is 1. The molecular weight excluding hydrogens is 230 g/mol. The van der Waals surface area contributed by atoms with Crippen molar-refractivity contribution in [3.05, 3.63) is 29.8 Å². The molecule has 0 radical (unpaired) electrons. The zero-order valence-corrected chi connectivity index (χ0v) is 9.38. The summed E-state index contributed by atoms with van der Waals surface area (Å²) < 4.78 is 25.4. The molecular formula is C11H12F2N2O2. The molecule has 92 valence electrons. The van der Waals surface area contributed by atoms with Crippen molar-refractivity contribution in [2.75, 3.05) is 5.32 Å². The summed E-state index contributed by atoms with van der Waals surface area (Å²) in [5.74, 6) is -3.86. The van der Waals surface area contributed by atoms with Crippen molar-refractivity contribution in [1.29, 1.82) is 0 Å². The molecule has 0 aliphatic carbocycles. The van der Waals surface area contributed by atoms with Crippen molar-refractivity contribution in [2.45, 2.75) is 19.9 Å². The molecule has 0 spiro atoms. The minimum atomic E-state index is -1.09. The topological polar surface area (TPSA) is 58.2 Å². The van der Waals surface area contributed by atoms with Crippen molar-refractivity contribution in [3.8, 4) is 0 Å². The SMILES string of the molecule is CC(C)NC(=O)C(=O)Nc1ccc(F)c(F)c1. The highest BCUT2D eigenvalue weighted by Crippen LogP contribution is 2.12. The highest BCUT2D eigenvalue weighted by atomic mass is 19.2. The molecule has 1 aromatic carbocycles. The van der Waals surface area contributed by atoms with Gasteiger partial charge in [0.1, 0.15) is 0 Å². The number of carbonyl (C=O) groups is 2. The fraction of sp³-hybridized carbons (Fsp3) is 0.273. The van der Waals surface area contributed by atoms with Crippen LogP contribution in [0, 0.1) is 11.6 Å².